The lowest BCUT2D eigenvalue weighted by Gasteiger charge is -2.04. The monoisotopic (exact) mass is 278 g/mol. The molecule has 0 radical (unpaired) electrons. The summed E-state index contributed by atoms with van der Waals surface area (Å²) in [5.41, 5.74) is 2.17. The molecule has 16 heavy (non-hydrogen) atoms. The Morgan fingerprint density at radius 1 is 1.25 bits per heavy atom. The molecule has 0 N–H and O–H groups in total. The number of rotatable bonds is 3. The largest absolute Gasteiger partial charge is 0.424 e. The van der Waals surface area contributed by atoms with Gasteiger partial charge in [-0.05, 0) is 30.2 Å². The second-order valence-corrected chi connectivity index (χ2v) is 3.99. The number of alkyl halides is 1. The molecule has 1 heterocycles. The average molecular weight is 279 g/mol. The molecule has 0 bridgehead atoms. The molecule has 0 unspecified atom stereocenters. The molecule has 0 spiro atoms. The number of aryl methyl sites for hydroxylation is 1. The van der Waals surface area contributed by atoms with E-state index in [2.05, 4.69) is 25.9 Å². The SMILES string of the molecule is Cc1cccc(Oc2ncc(CBr)cn2)c1. The van der Waals surface area contributed by atoms with Crippen LogP contribution in [0.3, 0.4) is 0 Å². The van der Waals surface area contributed by atoms with Gasteiger partial charge in [-0.3, -0.25) is 0 Å². The van der Waals surface area contributed by atoms with Gasteiger partial charge in [0.25, 0.3) is 0 Å². The molecule has 1 aromatic carbocycles. The van der Waals surface area contributed by atoms with Crippen molar-refractivity contribution in [2.75, 3.05) is 0 Å². The second-order valence-electron chi connectivity index (χ2n) is 3.43. The van der Waals surface area contributed by atoms with E-state index >= 15 is 0 Å². The summed E-state index contributed by atoms with van der Waals surface area (Å²) in [6.45, 7) is 2.02. The summed E-state index contributed by atoms with van der Waals surface area (Å²) in [6, 6.07) is 8.16. The van der Waals surface area contributed by atoms with E-state index in [9.17, 15) is 0 Å². The van der Waals surface area contributed by atoms with Crippen molar-refractivity contribution in [1.29, 1.82) is 0 Å². The highest BCUT2D eigenvalue weighted by atomic mass is 79.9. The predicted octanol–water partition coefficient (Wildman–Crippen LogP) is 3.47. The molecule has 3 nitrogen and oxygen atoms in total. The van der Waals surface area contributed by atoms with Gasteiger partial charge in [0.05, 0.1) is 0 Å². The second kappa shape index (κ2) is 5.07. The Labute approximate surface area is 103 Å². The fourth-order valence-electron chi connectivity index (χ4n) is 1.25. The van der Waals surface area contributed by atoms with Crippen molar-refractivity contribution < 1.29 is 4.74 Å². The molecule has 4 heteroatoms. The molecule has 0 saturated carbocycles. The highest BCUT2D eigenvalue weighted by Crippen LogP contribution is 2.18. The maximum Gasteiger partial charge on any atom is 0.321 e. The van der Waals surface area contributed by atoms with E-state index in [0.717, 1.165) is 22.2 Å². The highest BCUT2D eigenvalue weighted by Gasteiger charge is 2.00. The predicted molar refractivity (Wildman–Crippen MR) is 65.9 cm³/mol. The van der Waals surface area contributed by atoms with Gasteiger partial charge in [-0.15, -0.1) is 0 Å². The summed E-state index contributed by atoms with van der Waals surface area (Å²) in [7, 11) is 0. The summed E-state index contributed by atoms with van der Waals surface area (Å²) >= 11 is 3.34. The zero-order chi connectivity index (χ0) is 11.4. The van der Waals surface area contributed by atoms with Gasteiger partial charge < -0.3 is 4.74 Å². The quantitative estimate of drug-likeness (QED) is 0.807. The third-order valence-corrected chi connectivity index (χ3v) is 2.68. The molecule has 82 valence electrons. The zero-order valence-corrected chi connectivity index (χ0v) is 10.4. The van der Waals surface area contributed by atoms with E-state index in [4.69, 9.17) is 4.74 Å². The van der Waals surface area contributed by atoms with Crippen LogP contribution in [-0.2, 0) is 5.33 Å². The summed E-state index contributed by atoms with van der Waals surface area (Å²) in [4.78, 5) is 8.22. The normalized spacial score (nSPS) is 10.1. The molecule has 2 aromatic rings. The number of aromatic nitrogens is 2. The number of nitrogens with zero attached hydrogens (tertiary/aromatic N) is 2. The third kappa shape index (κ3) is 2.79. The van der Waals surface area contributed by atoms with Crippen LogP contribution in [0, 0.1) is 6.92 Å². The fraction of sp³-hybridized carbons (Fsp3) is 0.167. The number of halogens is 1. The van der Waals surface area contributed by atoms with Crippen LogP contribution in [0.2, 0.25) is 0 Å². The molecule has 2 rings (SSSR count). The van der Waals surface area contributed by atoms with Crippen molar-refractivity contribution in [3.05, 3.63) is 47.8 Å². The number of benzene rings is 1. The smallest absolute Gasteiger partial charge is 0.321 e. The number of hydrogen-bond donors (Lipinski definition) is 0. The Bertz CT molecular complexity index is 471. The van der Waals surface area contributed by atoms with Crippen LogP contribution in [0.25, 0.3) is 0 Å². The van der Waals surface area contributed by atoms with Crippen molar-refractivity contribution >= 4 is 15.9 Å². The lowest BCUT2D eigenvalue weighted by Crippen LogP contribution is -1.92. The lowest BCUT2D eigenvalue weighted by molar-refractivity contribution is 0.441. The van der Waals surface area contributed by atoms with Crippen LogP contribution in [0.5, 0.6) is 11.8 Å². The first kappa shape index (κ1) is 11.1. The van der Waals surface area contributed by atoms with Gasteiger partial charge in [0.2, 0.25) is 0 Å². The minimum absolute atomic E-state index is 0.371. The third-order valence-electron chi connectivity index (χ3n) is 2.03. The van der Waals surface area contributed by atoms with E-state index < -0.39 is 0 Å². The molecule has 1 aromatic heterocycles. The first-order chi connectivity index (χ1) is 7.78. The minimum atomic E-state index is 0.371. The van der Waals surface area contributed by atoms with Crippen molar-refractivity contribution in [3.8, 4) is 11.8 Å². The van der Waals surface area contributed by atoms with Gasteiger partial charge in [0, 0.05) is 17.7 Å². The van der Waals surface area contributed by atoms with Gasteiger partial charge in [0.1, 0.15) is 5.75 Å². The van der Waals surface area contributed by atoms with Crippen molar-refractivity contribution in [1.82, 2.24) is 9.97 Å². The van der Waals surface area contributed by atoms with Gasteiger partial charge in [-0.2, -0.15) is 0 Å². The van der Waals surface area contributed by atoms with Crippen LogP contribution >= 0.6 is 15.9 Å². The van der Waals surface area contributed by atoms with Crippen molar-refractivity contribution in [2.45, 2.75) is 12.3 Å². The number of hydrogen-bond acceptors (Lipinski definition) is 3. The molecule has 0 amide bonds. The van der Waals surface area contributed by atoms with Crippen LogP contribution < -0.4 is 4.74 Å². The van der Waals surface area contributed by atoms with E-state index in [1.54, 1.807) is 12.4 Å². The molecule has 0 aliphatic rings. The van der Waals surface area contributed by atoms with Crippen molar-refractivity contribution in [3.63, 3.8) is 0 Å². The summed E-state index contributed by atoms with van der Waals surface area (Å²) in [6.07, 6.45) is 3.49. The standard InChI is InChI=1S/C12H11BrN2O/c1-9-3-2-4-11(5-9)16-12-14-7-10(6-13)8-15-12/h2-5,7-8H,6H2,1H3. The Morgan fingerprint density at radius 3 is 2.62 bits per heavy atom. The lowest BCUT2D eigenvalue weighted by atomic mass is 10.2. The number of ether oxygens (including phenoxy) is 1. The summed E-state index contributed by atoms with van der Waals surface area (Å²) in [5.74, 6) is 0.756. The van der Waals surface area contributed by atoms with Gasteiger partial charge in [0.15, 0.2) is 0 Å². The van der Waals surface area contributed by atoms with E-state index in [1.165, 1.54) is 0 Å². The Morgan fingerprint density at radius 2 is 2.00 bits per heavy atom. The maximum atomic E-state index is 5.52. The molecule has 0 atom stereocenters. The minimum Gasteiger partial charge on any atom is -0.424 e. The van der Waals surface area contributed by atoms with Gasteiger partial charge >= 0.3 is 6.01 Å². The van der Waals surface area contributed by atoms with E-state index in [1.807, 2.05) is 31.2 Å². The summed E-state index contributed by atoms with van der Waals surface area (Å²) < 4.78 is 5.52. The van der Waals surface area contributed by atoms with E-state index in [-0.39, 0.29) is 0 Å². The molecular weight excluding hydrogens is 268 g/mol. The molecular formula is C12H11BrN2O. The Balaban J connectivity index is 2.14. The first-order valence-electron chi connectivity index (χ1n) is 4.89. The van der Waals surface area contributed by atoms with Gasteiger partial charge in [-0.1, -0.05) is 28.1 Å². The van der Waals surface area contributed by atoms with Crippen LogP contribution in [0.15, 0.2) is 36.7 Å². The van der Waals surface area contributed by atoms with Crippen molar-refractivity contribution in [2.24, 2.45) is 0 Å². The molecule has 0 aliphatic heterocycles. The topological polar surface area (TPSA) is 35.0 Å². The van der Waals surface area contributed by atoms with Crippen LogP contribution in [-0.4, -0.2) is 9.97 Å². The molecule has 0 aliphatic carbocycles. The summed E-state index contributed by atoms with van der Waals surface area (Å²) in [5, 5.41) is 0.748. The van der Waals surface area contributed by atoms with E-state index in [0.29, 0.717) is 6.01 Å². The van der Waals surface area contributed by atoms with Crippen LogP contribution in [0.4, 0.5) is 0 Å². The molecule has 0 fully saturated rings. The van der Waals surface area contributed by atoms with Gasteiger partial charge in [-0.25, -0.2) is 9.97 Å². The van der Waals surface area contributed by atoms with Crippen LogP contribution in [0.1, 0.15) is 11.1 Å². The Kier molecular flexibility index (Phi) is 3.51. The average Bonchev–Trinajstić information content (AvgIpc) is 2.30. The zero-order valence-electron chi connectivity index (χ0n) is 8.85. The first-order valence-corrected chi connectivity index (χ1v) is 6.01. The maximum absolute atomic E-state index is 5.52. The fourth-order valence-corrected chi connectivity index (χ4v) is 1.54. The molecule has 0 saturated heterocycles. The Hall–Kier alpha value is -1.42. The highest BCUT2D eigenvalue weighted by molar-refractivity contribution is 9.08.